The zero-order valence-electron chi connectivity index (χ0n) is 5.72. The van der Waals surface area contributed by atoms with E-state index >= 15 is 0 Å². The number of rotatable bonds is 0. The van der Waals surface area contributed by atoms with Gasteiger partial charge in [-0.15, -0.1) is 12.4 Å². The zero-order valence-corrected chi connectivity index (χ0v) is 6.53. The minimum Gasteiger partial charge on any atom is -0.389 e. The summed E-state index contributed by atoms with van der Waals surface area (Å²) in [5.74, 6) is 0. The van der Waals surface area contributed by atoms with Crippen molar-refractivity contribution in [1.29, 1.82) is 0 Å². The minimum absolute atomic E-state index is 0. The highest BCUT2D eigenvalue weighted by atomic mass is 35.5. The van der Waals surface area contributed by atoms with Gasteiger partial charge in [0.15, 0.2) is 0 Å². The average Bonchev–Trinajstić information content (AvgIpc) is 1.99. The average molecular weight is 170 g/mol. The fourth-order valence-corrected chi connectivity index (χ4v) is 0.992. The quantitative estimate of drug-likeness (QED) is 0.553. The van der Waals surface area contributed by atoms with Crippen molar-refractivity contribution >= 4 is 12.4 Å². The molecular formula is C6H13ClFNO. The lowest BCUT2D eigenvalue weighted by Crippen LogP contribution is -2.30. The normalized spacial score (nSPS) is 34.2. The summed E-state index contributed by atoms with van der Waals surface area (Å²) in [7, 11) is 0. The Morgan fingerprint density at radius 2 is 2.20 bits per heavy atom. The first kappa shape index (κ1) is 10.1. The molecule has 0 aromatic rings. The molecule has 1 aliphatic heterocycles. The van der Waals surface area contributed by atoms with Gasteiger partial charge >= 0.3 is 0 Å². The predicted octanol–water partition coefficient (Wildman–Crippen LogP) is 0.491. The van der Waals surface area contributed by atoms with Crippen LogP contribution in [0.15, 0.2) is 0 Å². The molecule has 0 bridgehead atoms. The first-order valence-electron chi connectivity index (χ1n) is 3.33. The monoisotopic (exact) mass is 169 g/mol. The maximum Gasteiger partial charge on any atom is 0.127 e. The van der Waals surface area contributed by atoms with Crippen LogP contribution in [0.25, 0.3) is 0 Å². The Kier molecular flexibility index (Phi) is 4.95. The van der Waals surface area contributed by atoms with Gasteiger partial charge in [-0.2, -0.15) is 0 Å². The van der Waals surface area contributed by atoms with Gasteiger partial charge in [0.05, 0.1) is 6.10 Å². The van der Waals surface area contributed by atoms with E-state index in [9.17, 15) is 4.39 Å². The van der Waals surface area contributed by atoms with Gasteiger partial charge in [0.1, 0.15) is 6.17 Å². The van der Waals surface area contributed by atoms with Crippen LogP contribution in [0.5, 0.6) is 0 Å². The third kappa shape index (κ3) is 2.82. The van der Waals surface area contributed by atoms with Gasteiger partial charge in [0.2, 0.25) is 0 Å². The van der Waals surface area contributed by atoms with Crippen molar-refractivity contribution in [3.63, 3.8) is 0 Å². The molecule has 0 aliphatic carbocycles. The van der Waals surface area contributed by atoms with E-state index in [4.69, 9.17) is 5.11 Å². The molecule has 0 saturated carbocycles. The summed E-state index contributed by atoms with van der Waals surface area (Å²) in [6, 6.07) is 0. The second-order valence-corrected chi connectivity index (χ2v) is 2.43. The highest BCUT2D eigenvalue weighted by molar-refractivity contribution is 5.85. The smallest absolute Gasteiger partial charge is 0.127 e. The topological polar surface area (TPSA) is 32.3 Å². The summed E-state index contributed by atoms with van der Waals surface area (Å²) in [5.41, 5.74) is 0. The number of halogens is 2. The van der Waals surface area contributed by atoms with E-state index < -0.39 is 12.3 Å². The zero-order chi connectivity index (χ0) is 6.69. The summed E-state index contributed by atoms with van der Waals surface area (Å²) < 4.78 is 12.5. The maximum absolute atomic E-state index is 12.5. The Morgan fingerprint density at radius 3 is 2.90 bits per heavy atom. The number of nitrogens with one attached hydrogen (secondary N) is 1. The number of hydrogen-bond acceptors (Lipinski definition) is 2. The maximum atomic E-state index is 12.5. The lowest BCUT2D eigenvalue weighted by atomic mass is 10.1. The van der Waals surface area contributed by atoms with E-state index in [-0.39, 0.29) is 12.4 Å². The van der Waals surface area contributed by atoms with Crippen LogP contribution in [0.2, 0.25) is 0 Å². The van der Waals surface area contributed by atoms with Crippen LogP contribution in [-0.4, -0.2) is 30.5 Å². The molecule has 1 aliphatic rings. The molecule has 1 saturated heterocycles. The van der Waals surface area contributed by atoms with Crippen LogP contribution in [-0.2, 0) is 0 Å². The van der Waals surface area contributed by atoms with Crippen LogP contribution >= 0.6 is 12.4 Å². The van der Waals surface area contributed by atoms with Crippen LogP contribution in [0, 0.1) is 0 Å². The van der Waals surface area contributed by atoms with Crippen LogP contribution in [0.3, 0.4) is 0 Å². The molecule has 2 N–H and O–H groups in total. The first-order valence-corrected chi connectivity index (χ1v) is 3.33. The van der Waals surface area contributed by atoms with Gasteiger partial charge in [-0.05, 0) is 19.4 Å². The number of aliphatic hydroxyl groups is 1. The van der Waals surface area contributed by atoms with Crippen molar-refractivity contribution in [2.75, 3.05) is 13.1 Å². The Hall–Kier alpha value is 0.140. The lowest BCUT2D eigenvalue weighted by Gasteiger charge is -2.09. The molecule has 2 nitrogen and oxygen atoms in total. The van der Waals surface area contributed by atoms with E-state index in [1.807, 2.05) is 0 Å². The van der Waals surface area contributed by atoms with Gasteiger partial charge in [0.25, 0.3) is 0 Å². The molecule has 10 heavy (non-hydrogen) atoms. The van der Waals surface area contributed by atoms with Gasteiger partial charge in [0, 0.05) is 6.54 Å². The Labute approximate surface area is 66.2 Å². The third-order valence-corrected chi connectivity index (χ3v) is 1.60. The molecular weight excluding hydrogens is 157 g/mol. The largest absolute Gasteiger partial charge is 0.389 e. The lowest BCUT2D eigenvalue weighted by molar-refractivity contribution is 0.0813. The van der Waals surface area contributed by atoms with Crippen molar-refractivity contribution in [3.05, 3.63) is 0 Å². The van der Waals surface area contributed by atoms with Gasteiger partial charge < -0.3 is 10.4 Å². The van der Waals surface area contributed by atoms with Crippen LogP contribution in [0.4, 0.5) is 4.39 Å². The molecule has 0 radical (unpaired) electrons. The molecule has 2 atom stereocenters. The molecule has 0 unspecified atom stereocenters. The van der Waals surface area contributed by atoms with Gasteiger partial charge in [-0.25, -0.2) is 4.39 Å². The minimum atomic E-state index is -1.01. The highest BCUT2D eigenvalue weighted by Gasteiger charge is 2.19. The second kappa shape index (κ2) is 4.88. The third-order valence-electron chi connectivity index (χ3n) is 1.60. The fraction of sp³-hybridized carbons (Fsp3) is 1.00. The Balaban J connectivity index is 0.000000810. The number of hydrogen-bond donors (Lipinski definition) is 2. The fourth-order valence-electron chi connectivity index (χ4n) is 0.992. The number of β-amino-alcohol motifs (C(OH)–C–C–N with tert-alkyl or cyclic N) is 1. The van der Waals surface area contributed by atoms with Crippen molar-refractivity contribution < 1.29 is 9.50 Å². The molecule has 1 heterocycles. The molecule has 0 spiro atoms. The number of aliphatic hydroxyl groups excluding tert-OH is 1. The Morgan fingerprint density at radius 1 is 1.50 bits per heavy atom. The van der Waals surface area contributed by atoms with E-state index in [2.05, 4.69) is 5.32 Å². The molecule has 1 rings (SSSR count). The number of alkyl halides is 1. The van der Waals surface area contributed by atoms with Crippen molar-refractivity contribution in [2.45, 2.75) is 25.1 Å². The summed E-state index contributed by atoms with van der Waals surface area (Å²) in [5, 5.41) is 11.9. The van der Waals surface area contributed by atoms with E-state index in [1.165, 1.54) is 0 Å². The highest BCUT2D eigenvalue weighted by Crippen LogP contribution is 2.08. The molecule has 0 aromatic heterocycles. The van der Waals surface area contributed by atoms with Gasteiger partial charge in [-0.3, -0.25) is 0 Å². The van der Waals surface area contributed by atoms with Crippen LogP contribution in [0.1, 0.15) is 12.8 Å². The van der Waals surface area contributed by atoms with Crippen molar-refractivity contribution in [2.24, 2.45) is 0 Å². The molecule has 62 valence electrons. The summed E-state index contributed by atoms with van der Waals surface area (Å²) in [4.78, 5) is 0. The molecule has 0 amide bonds. The first-order chi connectivity index (χ1) is 4.30. The van der Waals surface area contributed by atoms with E-state index in [0.29, 0.717) is 13.0 Å². The van der Waals surface area contributed by atoms with E-state index in [0.717, 1.165) is 13.0 Å². The second-order valence-electron chi connectivity index (χ2n) is 2.43. The summed E-state index contributed by atoms with van der Waals surface area (Å²) >= 11 is 0. The predicted molar refractivity (Wildman–Crippen MR) is 40.3 cm³/mol. The molecule has 4 heteroatoms. The molecule has 1 fully saturated rings. The van der Waals surface area contributed by atoms with Crippen molar-refractivity contribution in [1.82, 2.24) is 5.32 Å². The summed E-state index contributed by atoms with van der Waals surface area (Å²) in [6.45, 7) is 1.23. The standard InChI is InChI=1S/C6H12FNO.ClH/c7-5-2-1-3-8-4-6(5)9;/h5-6,8-9H,1-4H2;1H/t5-,6+;/m1./s1. The SMILES string of the molecule is Cl.O[C@H]1CNCCC[C@H]1F. The van der Waals surface area contributed by atoms with E-state index in [1.54, 1.807) is 0 Å². The molecule has 0 aromatic carbocycles. The summed E-state index contributed by atoms with van der Waals surface area (Å²) in [6.07, 6.45) is -0.473. The van der Waals surface area contributed by atoms with Crippen molar-refractivity contribution in [3.8, 4) is 0 Å². The van der Waals surface area contributed by atoms with Crippen LogP contribution < -0.4 is 5.32 Å². The van der Waals surface area contributed by atoms with Gasteiger partial charge in [-0.1, -0.05) is 0 Å². The Bertz CT molecular complexity index is 83.8.